The number of hydrogen-bond donors (Lipinski definition) is 2. The summed E-state index contributed by atoms with van der Waals surface area (Å²) in [5.74, 6) is -1.27. The number of methoxy groups -OCH3 is 1. The lowest BCUT2D eigenvalue weighted by molar-refractivity contribution is 0.0322. The van der Waals surface area contributed by atoms with Crippen molar-refractivity contribution in [3.05, 3.63) is 88.8 Å². The molecule has 1 saturated heterocycles. The molecule has 1 aliphatic heterocycles. The van der Waals surface area contributed by atoms with E-state index in [-0.39, 0.29) is 23.1 Å². The molecular formula is C36H37F3N6O4S2. The Morgan fingerprint density at radius 2 is 1.75 bits per heavy atom. The highest BCUT2D eigenvalue weighted by atomic mass is 32.2. The first-order valence-electron chi connectivity index (χ1n) is 16.3. The van der Waals surface area contributed by atoms with Crippen molar-refractivity contribution in [3.63, 3.8) is 0 Å². The van der Waals surface area contributed by atoms with Gasteiger partial charge in [-0.1, -0.05) is 26.0 Å². The summed E-state index contributed by atoms with van der Waals surface area (Å²) in [7, 11) is -0.848. The fourth-order valence-electron chi connectivity index (χ4n) is 5.41. The number of nitrogens with zero attached hydrogens (tertiary/aromatic N) is 4. The van der Waals surface area contributed by atoms with Gasteiger partial charge in [0.2, 0.25) is 5.95 Å². The number of nitrogens with one attached hydrogen (secondary N) is 2. The quantitative estimate of drug-likeness (QED) is 0.126. The molecule has 1 atom stereocenters. The minimum atomic E-state index is -2.42. The lowest BCUT2D eigenvalue weighted by atomic mass is 10.1. The average molecular weight is 739 g/mol. The number of halogens is 3. The van der Waals surface area contributed by atoms with Crippen LogP contribution >= 0.6 is 11.3 Å². The number of benzene rings is 3. The lowest BCUT2D eigenvalue weighted by Crippen LogP contribution is -2.38. The first-order valence-corrected chi connectivity index (χ1v) is 18.2. The zero-order valence-corrected chi connectivity index (χ0v) is 30.1. The van der Waals surface area contributed by atoms with Gasteiger partial charge >= 0.3 is 0 Å². The third-order valence-corrected chi connectivity index (χ3v) is 10.6. The molecule has 51 heavy (non-hydrogen) atoms. The van der Waals surface area contributed by atoms with Gasteiger partial charge in [0.15, 0.2) is 16.8 Å². The van der Waals surface area contributed by atoms with Crippen LogP contribution in [-0.4, -0.2) is 70.6 Å². The third kappa shape index (κ3) is 8.33. The van der Waals surface area contributed by atoms with Gasteiger partial charge in [0, 0.05) is 43.4 Å². The molecule has 0 amide bonds. The Kier molecular flexibility index (Phi) is 11.5. The molecule has 2 aromatic heterocycles. The fourth-order valence-corrected chi connectivity index (χ4v) is 7.41. The molecule has 5 aromatic rings. The van der Waals surface area contributed by atoms with Gasteiger partial charge in [-0.2, -0.15) is 0 Å². The maximum Gasteiger partial charge on any atom is 0.227 e. The Hall–Kier alpha value is -4.57. The van der Waals surface area contributed by atoms with Crippen LogP contribution in [0, 0.1) is 24.4 Å². The Labute approximate surface area is 300 Å². The molecule has 3 heterocycles. The maximum absolute atomic E-state index is 16.1. The van der Waals surface area contributed by atoms with E-state index < -0.39 is 33.3 Å². The second kappa shape index (κ2) is 16.2. The van der Waals surface area contributed by atoms with Crippen LogP contribution in [0.3, 0.4) is 0 Å². The summed E-state index contributed by atoms with van der Waals surface area (Å²) < 4.78 is 77.3. The molecule has 0 spiro atoms. The van der Waals surface area contributed by atoms with E-state index in [1.54, 1.807) is 25.4 Å². The molecule has 0 bridgehead atoms. The molecule has 2 N–H and O–H groups in total. The summed E-state index contributed by atoms with van der Waals surface area (Å²) in [5.41, 5.74) is 2.21. The van der Waals surface area contributed by atoms with E-state index in [9.17, 15) is 13.0 Å². The summed E-state index contributed by atoms with van der Waals surface area (Å²) in [6, 6.07) is 13.0. The molecule has 1 fully saturated rings. The number of anilines is 3. The fraction of sp³-hybridized carbons (Fsp3) is 0.306. The van der Waals surface area contributed by atoms with Gasteiger partial charge in [-0.05, 0) is 48.9 Å². The summed E-state index contributed by atoms with van der Waals surface area (Å²) in [5, 5.41) is 3.99. The SMILES string of the molecule is COc1cc(OCCN2CCOCC2)c(C)cc1Nc1nccc(-c2sc(C(C)C)nc2-c2cccc(NS(=O)c3c(F)cccc3F)c2F)n1. The number of ether oxygens (including phenoxy) is 3. The highest BCUT2D eigenvalue weighted by Gasteiger charge is 2.24. The van der Waals surface area contributed by atoms with Crippen molar-refractivity contribution in [1.29, 1.82) is 0 Å². The van der Waals surface area contributed by atoms with Gasteiger partial charge in [-0.15, -0.1) is 11.3 Å². The minimum absolute atomic E-state index is 0.0182. The molecule has 1 unspecified atom stereocenters. The molecular weight excluding hydrogens is 702 g/mol. The van der Waals surface area contributed by atoms with E-state index in [0.717, 1.165) is 61.6 Å². The second-order valence-electron chi connectivity index (χ2n) is 12.0. The van der Waals surface area contributed by atoms with Gasteiger partial charge in [-0.3, -0.25) is 9.62 Å². The van der Waals surface area contributed by atoms with Gasteiger partial charge in [0.1, 0.15) is 34.6 Å². The summed E-state index contributed by atoms with van der Waals surface area (Å²) in [4.78, 5) is 16.1. The zero-order valence-electron chi connectivity index (χ0n) is 28.5. The topological polar surface area (TPSA) is 111 Å². The summed E-state index contributed by atoms with van der Waals surface area (Å²) in [6.07, 6.45) is 1.59. The van der Waals surface area contributed by atoms with Gasteiger partial charge in [-0.25, -0.2) is 32.3 Å². The molecule has 15 heteroatoms. The molecule has 10 nitrogen and oxygen atoms in total. The van der Waals surface area contributed by atoms with Crippen LogP contribution in [0.2, 0.25) is 0 Å². The van der Waals surface area contributed by atoms with Crippen LogP contribution in [0.1, 0.15) is 30.3 Å². The zero-order chi connectivity index (χ0) is 36.1. The van der Waals surface area contributed by atoms with Gasteiger partial charge < -0.3 is 19.5 Å². The monoisotopic (exact) mass is 738 g/mol. The van der Waals surface area contributed by atoms with Crippen molar-refractivity contribution in [2.75, 3.05) is 56.6 Å². The number of morpholine rings is 1. The van der Waals surface area contributed by atoms with Crippen molar-refractivity contribution in [2.24, 2.45) is 0 Å². The van der Waals surface area contributed by atoms with Gasteiger partial charge in [0.25, 0.3) is 0 Å². The summed E-state index contributed by atoms with van der Waals surface area (Å²) in [6.45, 7) is 10.4. The largest absolute Gasteiger partial charge is 0.494 e. The minimum Gasteiger partial charge on any atom is -0.494 e. The Balaban J connectivity index is 1.26. The van der Waals surface area contributed by atoms with Crippen LogP contribution in [-0.2, 0) is 15.7 Å². The number of thiazole rings is 1. The van der Waals surface area contributed by atoms with Crippen LogP contribution in [0.5, 0.6) is 11.5 Å². The normalized spacial score (nSPS) is 14.0. The van der Waals surface area contributed by atoms with Crippen molar-refractivity contribution >= 4 is 39.6 Å². The first kappa shape index (κ1) is 36.2. The van der Waals surface area contributed by atoms with E-state index in [2.05, 4.69) is 19.9 Å². The van der Waals surface area contributed by atoms with Crippen molar-refractivity contribution in [1.82, 2.24) is 19.9 Å². The lowest BCUT2D eigenvalue weighted by Gasteiger charge is -2.26. The predicted octanol–water partition coefficient (Wildman–Crippen LogP) is 7.71. The van der Waals surface area contributed by atoms with Crippen LogP contribution in [0.15, 0.2) is 65.7 Å². The van der Waals surface area contributed by atoms with Crippen molar-refractivity contribution in [3.8, 4) is 33.3 Å². The highest BCUT2D eigenvalue weighted by Crippen LogP contribution is 2.41. The third-order valence-electron chi connectivity index (χ3n) is 8.10. The second-order valence-corrected chi connectivity index (χ2v) is 14.2. The van der Waals surface area contributed by atoms with Crippen LogP contribution < -0.4 is 19.5 Å². The average Bonchev–Trinajstić information content (AvgIpc) is 3.57. The maximum atomic E-state index is 16.1. The smallest absolute Gasteiger partial charge is 0.227 e. The summed E-state index contributed by atoms with van der Waals surface area (Å²) >= 11 is 1.36. The van der Waals surface area contributed by atoms with E-state index in [0.29, 0.717) is 40.1 Å². The van der Waals surface area contributed by atoms with E-state index >= 15 is 4.39 Å². The standard InChI is InChI=1S/C36H37F3N6O4S2/c1-21(2)35-43-32(23-7-5-10-26(31(23)39)44-51(46)34-24(37)8-6-9-25(34)38)33(50-35)27-11-12-40-36(41-27)42-28-19-22(3)29(20-30(28)47-4)49-18-15-45-13-16-48-17-14-45/h5-12,19-21,44H,13-18H2,1-4H3,(H,40,41,42). The molecule has 0 radical (unpaired) electrons. The molecule has 3 aromatic carbocycles. The van der Waals surface area contributed by atoms with E-state index in [4.69, 9.17) is 24.2 Å². The Morgan fingerprint density at radius 1 is 1.00 bits per heavy atom. The highest BCUT2D eigenvalue weighted by molar-refractivity contribution is 7.86. The van der Waals surface area contributed by atoms with Crippen LogP contribution in [0.4, 0.5) is 30.5 Å². The van der Waals surface area contributed by atoms with Crippen molar-refractivity contribution < 1.29 is 31.6 Å². The molecule has 0 aliphatic carbocycles. The Morgan fingerprint density at radius 3 is 2.47 bits per heavy atom. The predicted molar refractivity (Wildman–Crippen MR) is 193 cm³/mol. The van der Waals surface area contributed by atoms with Crippen molar-refractivity contribution in [2.45, 2.75) is 31.6 Å². The first-order chi connectivity index (χ1) is 24.6. The number of hydrogen-bond acceptors (Lipinski definition) is 10. The van der Waals surface area contributed by atoms with Crippen LogP contribution in [0.25, 0.3) is 21.8 Å². The van der Waals surface area contributed by atoms with E-state index in [1.165, 1.54) is 23.5 Å². The Bertz CT molecular complexity index is 2020. The molecule has 6 rings (SSSR count). The molecule has 0 saturated carbocycles. The molecule has 268 valence electrons. The number of aromatic nitrogens is 3. The number of aryl methyl sites for hydroxylation is 1. The van der Waals surface area contributed by atoms with Gasteiger partial charge in [0.05, 0.1) is 53.0 Å². The number of rotatable bonds is 13. The van der Waals surface area contributed by atoms with E-state index in [1.807, 2.05) is 32.9 Å². The molecule has 1 aliphatic rings.